The number of hydrogen-bond donors (Lipinski definition) is 0. The minimum absolute atomic E-state index is 0. The van der Waals surface area contributed by atoms with E-state index in [0.29, 0.717) is 48.3 Å². The topological polar surface area (TPSA) is 56.4 Å². The van der Waals surface area contributed by atoms with Crippen LogP contribution in [0.5, 0.6) is 0 Å². The smallest absolute Gasteiger partial charge is 0.650 e. The minimum atomic E-state index is 0. The van der Waals surface area contributed by atoms with Crippen LogP contribution in [0.2, 0.25) is 0 Å². The average Bonchev–Trinajstić information content (AvgIpc) is 3.88. The van der Waals surface area contributed by atoms with Gasteiger partial charge in [0.05, 0.1) is 0 Å². The molecule has 0 heterocycles. The van der Waals surface area contributed by atoms with Crippen molar-refractivity contribution in [2.75, 3.05) is 0 Å². The van der Waals surface area contributed by atoms with E-state index in [1.807, 2.05) is 0 Å². The van der Waals surface area contributed by atoms with Crippen LogP contribution in [-0.4, -0.2) is 48.3 Å². The monoisotopic (exact) mass is 640 g/mol. The van der Waals surface area contributed by atoms with E-state index in [4.69, 9.17) is 21.3 Å². The Kier molecular flexibility index (Phi) is 17.2. The third kappa shape index (κ3) is 14.0. The summed E-state index contributed by atoms with van der Waals surface area (Å²) < 4.78 is 0. The van der Waals surface area contributed by atoms with Gasteiger partial charge in [0, 0.05) is 0 Å². The second kappa shape index (κ2) is 21.4. The van der Waals surface area contributed by atoms with E-state index in [1.54, 1.807) is 0 Å². The molecule has 0 aromatic heterocycles. The molecule has 0 radical (unpaired) electrons. The SMILES string of the molecule is C1=CC([N-]C2CCCC2)C=C1.C1=CC([N-]C2CCCC2)C=C1.C1=CC([N-]C2CCCC2)C=C1.C1=CC([N-]C2CCCC2)C=C1.[Ti+4]. The molecule has 0 atom stereocenters. The summed E-state index contributed by atoms with van der Waals surface area (Å²) in [7, 11) is 0. The van der Waals surface area contributed by atoms with E-state index in [2.05, 4.69) is 97.2 Å². The standard InChI is InChI=1S/4C10H14N.Ti/c4*1-2-6-9(5-1)11-10-7-3-4-8-10;/h4*1-2,5-6,9-10H,3-4,7-8H2;/q4*-1;+4. The van der Waals surface area contributed by atoms with E-state index >= 15 is 0 Å². The van der Waals surface area contributed by atoms with Crippen molar-refractivity contribution < 1.29 is 21.7 Å². The molecule has 45 heavy (non-hydrogen) atoms. The molecule has 0 unspecified atom stereocenters. The van der Waals surface area contributed by atoms with Crippen LogP contribution in [0.15, 0.2) is 97.2 Å². The first-order valence-corrected chi connectivity index (χ1v) is 18.0. The first kappa shape index (κ1) is 36.3. The van der Waals surface area contributed by atoms with Crippen molar-refractivity contribution in [2.24, 2.45) is 0 Å². The Morgan fingerprint density at radius 1 is 0.267 bits per heavy atom. The molecule has 0 amide bonds. The summed E-state index contributed by atoms with van der Waals surface area (Å²) in [4.78, 5) is 0. The van der Waals surface area contributed by atoms with Crippen LogP contribution in [0.1, 0.15) is 103 Å². The number of rotatable bonds is 8. The van der Waals surface area contributed by atoms with Gasteiger partial charge in [-0.1, -0.05) is 224 Å². The molecule has 5 heteroatoms. The van der Waals surface area contributed by atoms with Crippen molar-refractivity contribution >= 4 is 0 Å². The Morgan fingerprint density at radius 3 is 0.578 bits per heavy atom. The van der Waals surface area contributed by atoms with Crippen LogP contribution in [0.4, 0.5) is 0 Å². The first-order chi connectivity index (χ1) is 21.8. The predicted octanol–water partition coefficient (Wildman–Crippen LogP) is 11.2. The van der Waals surface area contributed by atoms with Crippen molar-refractivity contribution in [2.45, 2.75) is 151 Å². The molecule has 8 aliphatic carbocycles. The molecule has 4 saturated carbocycles. The molecule has 0 saturated heterocycles. The predicted molar refractivity (Wildman–Crippen MR) is 191 cm³/mol. The van der Waals surface area contributed by atoms with Gasteiger partial charge < -0.3 is 21.3 Å². The molecular formula is C40H56N4Ti. The molecule has 4 nitrogen and oxygen atoms in total. The fourth-order valence-corrected chi connectivity index (χ4v) is 7.27. The fourth-order valence-electron chi connectivity index (χ4n) is 7.27. The molecule has 0 N–H and O–H groups in total. The molecule has 0 bridgehead atoms. The van der Waals surface area contributed by atoms with Gasteiger partial charge in [-0.2, -0.15) is 0 Å². The van der Waals surface area contributed by atoms with Crippen molar-refractivity contribution in [3.63, 3.8) is 0 Å². The van der Waals surface area contributed by atoms with E-state index in [0.717, 1.165) is 0 Å². The van der Waals surface area contributed by atoms with Crippen molar-refractivity contribution in [3.8, 4) is 0 Å². The zero-order valence-corrected chi connectivity index (χ0v) is 29.0. The van der Waals surface area contributed by atoms with Crippen LogP contribution in [0, 0.1) is 0 Å². The van der Waals surface area contributed by atoms with E-state index < -0.39 is 0 Å². The molecule has 8 aliphatic rings. The van der Waals surface area contributed by atoms with Gasteiger partial charge in [-0.05, 0) is 0 Å². The average molecular weight is 641 g/mol. The molecule has 0 spiro atoms. The van der Waals surface area contributed by atoms with Crippen LogP contribution in [-0.2, 0) is 21.7 Å². The minimum Gasteiger partial charge on any atom is -0.650 e. The summed E-state index contributed by atoms with van der Waals surface area (Å²) in [5.41, 5.74) is 0. The Bertz CT molecular complexity index is 828. The third-order valence-electron chi connectivity index (χ3n) is 9.74. The van der Waals surface area contributed by atoms with Crippen molar-refractivity contribution in [1.82, 2.24) is 0 Å². The number of allylic oxidation sites excluding steroid dienone is 8. The maximum atomic E-state index is 4.70. The van der Waals surface area contributed by atoms with E-state index in [-0.39, 0.29) is 21.7 Å². The van der Waals surface area contributed by atoms with Gasteiger partial charge in [-0.25, -0.2) is 0 Å². The molecular weight excluding hydrogens is 584 g/mol. The van der Waals surface area contributed by atoms with Gasteiger partial charge >= 0.3 is 21.7 Å². The summed E-state index contributed by atoms with van der Waals surface area (Å²) >= 11 is 0. The normalized spacial score (nSPS) is 24.9. The van der Waals surface area contributed by atoms with Gasteiger partial charge in [0.2, 0.25) is 0 Å². The number of hydrogen-bond acceptors (Lipinski definition) is 0. The van der Waals surface area contributed by atoms with Crippen LogP contribution in [0.25, 0.3) is 21.3 Å². The quantitative estimate of drug-likeness (QED) is 0.237. The molecule has 0 aromatic rings. The molecule has 8 rings (SSSR count). The summed E-state index contributed by atoms with van der Waals surface area (Å²) in [6.07, 6.45) is 55.6. The maximum absolute atomic E-state index is 4.70. The van der Waals surface area contributed by atoms with E-state index in [9.17, 15) is 0 Å². The molecule has 240 valence electrons. The first-order valence-electron chi connectivity index (χ1n) is 18.0. The zero-order valence-electron chi connectivity index (χ0n) is 27.5. The van der Waals surface area contributed by atoms with Gasteiger partial charge in [-0.15, -0.1) is 24.2 Å². The Morgan fingerprint density at radius 2 is 0.422 bits per heavy atom. The molecule has 0 aliphatic heterocycles. The largest absolute Gasteiger partial charge is 4.00 e. The van der Waals surface area contributed by atoms with Crippen LogP contribution >= 0.6 is 0 Å². The summed E-state index contributed by atoms with van der Waals surface area (Å²) in [5.74, 6) is 0. The maximum Gasteiger partial charge on any atom is 4.00 e. The van der Waals surface area contributed by atoms with Gasteiger partial charge in [0.25, 0.3) is 0 Å². The van der Waals surface area contributed by atoms with Gasteiger partial charge in [0.1, 0.15) is 0 Å². The molecule has 4 fully saturated rings. The number of nitrogens with zero attached hydrogens (tertiary/aromatic N) is 4. The third-order valence-corrected chi connectivity index (χ3v) is 9.74. The van der Waals surface area contributed by atoms with Crippen LogP contribution in [0.3, 0.4) is 0 Å². The van der Waals surface area contributed by atoms with Crippen LogP contribution < -0.4 is 0 Å². The Hall–Kier alpha value is -1.53. The molecule has 0 aromatic carbocycles. The zero-order chi connectivity index (χ0) is 30.1. The Labute approximate surface area is 290 Å². The Balaban J connectivity index is 0.000000136. The second-order valence-electron chi connectivity index (χ2n) is 13.4. The van der Waals surface area contributed by atoms with E-state index in [1.165, 1.54) is 103 Å². The second-order valence-corrected chi connectivity index (χ2v) is 13.4. The summed E-state index contributed by atoms with van der Waals surface area (Å²) in [5, 5.41) is 18.8. The summed E-state index contributed by atoms with van der Waals surface area (Å²) in [6.45, 7) is 0. The summed E-state index contributed by atoms with van der Waals surface area (Å²) in [6, 6.07) is 4.24. The van der Waals surface area contributed by atoms with Crippen molar-refractivity contribution in [1.29, 1.82) is 0 Å². The van der Waals surface area contributed by atoms with Gasteiger partial charge in [-0.3, -0.25) is 0 Å². The van der Waals surface area contributed by atoms with Gasteiger partial charge in [0.15, 0.2) is 0 Å². The fraction of sp³-hybridized carbons (Fsp3) is 0.600. The van der Waals surface area contributed by atoms with Crippen molar-refractivity contribution in [3.05, 3.63) is 118 Å².